The predicted molar refractivity (Wildman–Crippen MR) is 115 cm³/mol. The largest absolute Gasteiger partial charge is 0.492 e. The Morgan fingerprint density at radius 2 is 2.07 bits per heavy atom. The maximum Gasteiger partial charge on any atom is 0.343 e. The van der Waals surface area contributed by atoms with Crippen LogP contribution < -0.4 is 10.3 Å². The van der Waals surface area contributed by atoms with Crippen molar-refractivity contribution >= 4 is 5.97 Å². The zero-order valence-electron chi connectivity index (χ0n) is 17.9. The summed E-state index contributed by atoms with van der Waals surface area (Å²) in [5.74, 6) is -0.198. The minimum Gasteiger partial charge on any atom is -0.492 e. The SMILES string of the molecule is COC(=O)c1c(OCCc2ccccn2)cc(=O)n2c1CCN(CC=C(C)C)CC2. The minimum atomic E-state index is -0.482. The van der Waals surface area contributed by atoms with E-state index in [9.17, 15) is 9.59 Å². The smallest absolute Gasteiger partial charge is 0.343 e. The lowest BCUT2D eigenvalue weighted by molar-refractivity contribution is 0.0593. The van der Waals surface area contributed by atoms with Crippen LogP contribution in [0.3, 0.4) is 0 Å². The molecule has 0 saturated heterocycles. The molecule has 0 N–H and O–H groups in total. The molecule has 7 heteroatoms. The first-order valence-corrected chi connectivity index (χ1v) is 10.2. The Morgan fingerprint density at radius 1 is 1.23 bits per heavy atom. The molecule has 0 aromatic carbocycles. The second-order valence-corrected chi connectivity index (χ2v) is 7.56. The third kappa shape index (κ3) is 5.36. The van der Waals surface area contributed by atoms with Crippen LogP contribution in [0.1, 0.15) is 35.6 Å². The van der Waals surface area contributed by atoms with Gasteiger partial charge in [-0.25, -0.2) is 4.79 Å². The quantitative estimate of drug-likeness (QED) is 0.515. The number of rotatable bonds is 7. The highest BCUT2D eigenvalue weighted by Gasteiger charge is 2.25. The number of fused-ring (bicyclic) bond motifs is 1. The fourth-order valence-corrected chi connectivity index (χ4v) is 3.53. The Labute approximate surface area is 176 Å². The zero-order chi connectivity index (χ0) is 21.5. The molecule has 0 atom stereocenters. The van der Waals surface area contributed by atoms with Crippen molar-refractivity contribution in [1.82, 2.24) is 14.5 Å². The number of carbonyl (C=O) groups is 1. The highest BCUT2D eigenvalue weighted by molar-refractivity contribution is 5.93. The third-order valence-corrected chi connectivity index (χ3v) is 5.18. The number of aromatic nitrogens is 2. The van der Waals surface area contributed by atoms with Crippen molar-refractivity contribution in [2.24, 2.45) is 0 Å². The van der Waals surface area contributed by atoms with Crippen LogP contribution in [0.5, 0.6) is 5.75 Å². The molecular weight excluding hydrogens is 382 g/mol. The molecule has 1 aliphatic heterocycles. The van der Waals surface area contributed by atoms with Crippen LogP contribution in [-0.2, 0) is 24.1 Å². The van der Waals surface area contributed by atoms with Gasteiger partial charge in [0.15, 0.2) is 0 Å². The van der Waals surface area contributed by atoms with Crippen molar-refractivity contribution in [3.63, 3.8) is 0 Å². The second-order valence-electron chi connectivity index (χ2n) is 7.56. The minimum absolute atomic E-state index is 0.158. The van der Waals surface area contributed by atoms with E-state index in [0.717, 1.165) is 25.3 Å². The summed E-state index contributed by atoms with van der Waals surface area (Å²) in [5.41, 5.74) is 3.02. The molecule has 0 bridgehead atoms. The molecule has 0 aliphatic carbocycles. The van der Waals surface area contributed by atoms with Gasteiger partial charge in [0, 0.05) is 62.7 Å². The van der Waals surface area contributed by atoms with E-state index in [1.165, 1.54) is 18.7 Å². The lowest BCUT2D eigenvalue weighted by Crippen LogP contribution is -2.29. The molecule has 1 aliphatic rings. The predicted octanol–water partition coefficient (Wildman–Crippen LogP) is 2.48. The monoisotopic (exact) mass is 411 g/mol. The van der Waals surface area contributed by atoms with Crippen molar-refractivity contribution in [2.45, 2.75) is 33.2 Å². The van der Waals surface area contributed by atoms with Crippen molar-refractivity contribution in [3.8, 4) is 5.75 Å². The van der Waals surface area contributed by atoms with Crippen molar-refractivity contribution < 1.29 is 14.3 Å². The highest BCUT2D eigenvalue weighted by Crippen LogP contribution is 2.24. The molecule has 0 spiro atoms. The molecular formula is C23H29N3O4. The van der Waals surface area contributed by atoms with Gasteiger partial charge in [-0.15, -0.1) is 0 Å². The highest BCUT2D eigenvalue weighted by atomic mass is 16.5. The van der Waals surface area contributed by atoms with E-state index in [4.69, 9.17) is 9.47 Å². The van der Waals surface area contributed by atoms with Gasteiger partial charge in [-0.3, -0.25) is 14.7 Å². The molecule has 0 radical (unpaired) electrons. The fraction of sp³-hybridized carbons (Fsp3) is 0.435. The molecule has 0 amide bonds. The third-order valence-electron chi connectivity index (χ3n) is 5.18. The number of carbonyl (C=O) groups excluding carboxylic acids is 1. The number of allylic oxidation sites excluding steroid dienone is 1. The van der Waals surface area contributed by atoms with Gasteiger partial charge in [-0.1, -0.05) is 17.7 Å². The van der Waals surface area contributed by atoms with E-state index in [0.29, 0.717) is 37.3 Å². The van der Waals surface area contributed by atoms with Crippen LogP contribution in [0.2, 0.25) is 0 Å². The van der Waals surface area contributed by atoms with E-state index in [1.807, 2.05) is 18.2 Å². The molecule has 7 nitrogen and oxygen atoms in total. The van der Waals surface area contributed by atoms with E-state index in [-0.39, 0.29) is 11.3 Å². The van der Waals surface area contributed by atoms with Gasteiger partial charge in [0.2, 0.25) is 0 Å². The zero-order valence-corrected chi connectivity index (χ0v) is 17.9. The maximum atomic E-state index is 12.8. The fourth-order valence-electron chi connectivity index (χ4n) is 3.53. The van der Waals surface area contributed by atoms with Crippen molar-refractivity contribution in [3.05, 3.63) is 69.4 Å². The van der Waals surface area contributed by atoms with E-state index in [2.05, 4.69) is 29.8 Å². The van der Waals surface area contributed by atoms with Crippen LogP contribution >= 0.6 is 0 Å². The van der Waals surface area contributed by atoms with E-state index in [1.54, 1.807) is 10.8 Å². The lowest BCUT2D eigenvalue weighted by Gasteiger charge is -2.17. The number of esters is 1. The standard InChI is InChI=1S/C23H29N3O4/c1-17(2)7-11-25-12-8-19-22(23(28)29-3)20(16-21(27)26(19)14-13-25)30-15-9-18-6-4-5-10-24-18/h4-7,10,16H,8-9,11-15H2,1-3H3. The van der Waals surface area contributed by atoms with Gasteiger partial charge < -0.3 is 14.0 Å². The summed E-state index contributed by atoms with van der Waals surface area (Å²) >= 11 is 0. The van der Waals surface area contributed by atoms with Gasteiger partial charge in [0.25, 0.3) is 5.56 Å². The Hall–Kier alpha value is -2.93. The number of pyridine rings is 2. The molecule has 30 heavy (non-hydrogen) atoms. The number of methoxy groups -OCH3 is 1. The summed E-state index contributed by atoms with van der Waals surface area (Å²) in [4.78, 5) is 32.0. The Kier molecular flexibility index (Phi) is 7.41. The van der Waals surface area contributed by atoms with Crippen LogP contribution in [0.15, 0.2) is 46.9 Å². The van der Waals surface area contributed by atoms with Gasteiger partial charge in [-0.05, 0) is 26.0 Å². The Morgan fingerprint density at radius 3 is 2.77 bits per heavy atom. The molecule has 0 saturated carbocycles. The number of nitrogens with zero attached hydrogens (tertiary/aromatic N) is 3. The molecule has 3 rings (SSSR count). The summed E-state index contributed by atoms with van der Waals surface area (Å²) in [6.45, 7) is 7.31. The van der Waals surface area contributed by atoms with Gasteiger partial charge >= 0.3 is 5.97 Å². The average Bonchev–Trinajstić information content (AvgIpc) is 2.96. The summed E-state index contributed by atoms with van der Waals surface area (Å²) in [6.07, 6.45) is 5.06. The molecule has 0 fully saturated rings. The topological polar surface area (TPSA) is 73.7 Å². The first-order valence-electron chi connectivity index (χ1n) is 10.2. The molecule has 3 heterocycles. The average molecular weight is 412 g/mol. The van der Waals surface area contributed by atoms with E-state index < -0.39 is 5.97 Å². The molecule has 2 aromatic heterocycles. The maximum absolute atomic E-state index is 12.8. The van der Waals surface area contributed by atoms with Crippen LogP contribution in [-0.4, -0.2) is 53.8 Å². The molecule has 160 valence electrons. The van der Waals surface area contributed by atoms with Gasteiger partial charge in [0.1, 0.15) is 11.3 Å². The van der Waals surface area contributed by atoms with Crippen LogP contribution in [0.25, 0.3) is 0 Å². The number of ether oxygens (including phenoxy) is 2. The Balaban J connectivity index is 1.85. The van der Waals surface area contributed by atoms with Gasteiger partial charge in [0.05, 0.1) is 13.7 Å². The molecule has 0 unspecified atom stereocenters. The second kappa shape index (κ2) is 10.2. The number of hydrogen-bond donors (Lipinski definition) is 0. The summed E-state index contributed by atoms with van der Waals surface area (Å²) in [5, 5.41) is 0. The first kappa shape index (κ1) is 21.8. The lowest BCUT2D eigenvalue weighted by atomic mass is 10.1. The summed E-state index contributed by atoms with van der Waals surface area (Å²) in [6, 6.07) is 7.09. The van der Waals surface area contributed by atoms with Crippen LogP contribution in [0.4, 0.5) is 0 Å². The van der Waals surface area contributed by atoms with Gasteiger partial charge in [-0.2, -0.15) is 0 Å². The van der Waals surface area contributed by atoms with Crippen LogP contribution in [0, 0.1) is 0 Å². The molecule has 2 aromatic rings. The van der Waals surface area contributed by atoms with Crippen molar-refractivity contribution in [1.29, 1.82) is 0 Å². The normalized spacial score (nSPS) is 13.8. The van der Waals surface area contributed by atoms with E-state index >= 15 is 0 Å². The van der Waals surface area contributed by atoms with Crippen molar-refractivity contribution in [2.75, 3.05) is 33.4 Å². The number of hydrogen-bond acceptors (Lipinski definition) is 6. The first-order chi connectivity index (χ1) is 14.5. The summed E-state index contributed by atoms with van der Waals surface area (Å²) in [7, 11) is 1.35. The Bertz CT molecular complexity index is 962. The summed E-state index contributed by atoms with van der Waals surface area (Å²) < 4.78 is 12.6.